The summed E-state index contributed by atoms with van der Waals surface area (Å²) < 4.78 is 29.8. The molecule has 0 spiro atoms. The third-order valence-corrected chi connectivity index (χ3v) is 8.59. The molecule has 4 aromatic carbocycles. The van der Waals surface area contributed by atoms with E-state index < -0.39 is 12.2 Å². The van der Waals surface area contributed by atoms with Crippen LogP contribution in [0.1, 0.15) is 23.3 Å². The molecule has 2 atom stereocenters. The number of hydrogen-bond acceptors (Lipinski definition) is 4. The summed E-state index contributed by atoms with van der Waals surface area (Å²) in [6.45, 7) is 0. The number of pyridine rings is 2. The maximum absolute atomic E-state index is 13.1. The van der Waals surface area contributed by atoms with Crippen LogP contribution in [-0.4, -0.2) is 29.4 Å². The fourth-order valence-electron chi connectivity index (χ4n) is 5.84. The van der Waals surface area contributed by atoms with Crippen LogP contribution in [0, 0.1) is 36.3 Å². The summed E-state index contributed by atoms with van der Waals surface area (Å²) in [5.41, 5.74) is 10.4. The Hall–Kier alpha value is -6.84. The van der Waals surface area contributed by atoms with Crippen molar-refractivity contribution >= 4 is 11.0 Å². The Kier molecular flexibility index (Phi) is 9.42. The Morgan fingerprint density at radius 3 is 1.25 bits per heavy atom. The Bertz CT molecular complexity index is 2430. The lowest BCUT2D eigenvalue weighted by atomic mass is 10.0. The maximum atomic E-state index is 13.1. The van der Waals surface area contributed by atoms with Gasteiger partial charge in [0.15, 0.2) is 0 Å². The summed E-state index contributed by atoms with van der Waals surface area (Å²) in [7, 11) is 0. The van der Waals surface area contributed by atoms with Crippen molar-refractivity contribution in [1.82, 2.24) is 19.2 Å². The number of nitrogens with zero attached hydrogens (tertiary/aromatic N) is 4. The SMILES string of the molecule is C#CC(O)c1cccc(-c2ccn3nc(-c4ccc(F)cc4)cc3c2)c1.C#CC(O)c1cccc(-c2ccn3nc(-c4ccc(F)cc4)cc3c2)c1. The van der Waals surface area contributed by atoms with Crippen LogP contribution in [0.25, 0.3) is 55.8 Å². The summed E-state index contributed by atoms with van der Waals surface area (Å²) >= 11 is 0. The zero-order valence-corrected chi connectivity index (χ0v) is 27.6. The molecule has 0 radical (unpaired) electrons. The normalized spacial score (nSPS) is 12.0. The van der Waals surface area contributed by atoms with Crippen molar-refractivity contribution in [2.75, 3.05) is 0 Å². The Balaban J connectivity index is 0.000000162. The van der Waals surface area contributed by atoms with Gasteiger partial charge in [-0.2, -0.15) is 10.2 Å². The molecule has 0 fully saturated rings. The van der Waals surface area contributed by atoms with Gasteiger partial charge in [-0.15, -0.1) is 12.8 Å². The van der Waals surface area contributed by atoms with Gasteiger partial charge >= 0.3 is 0 Å². The van der Waals surface area contributed by atoms with Crippen molar-refractivity contribution < 1.29 is 19.0 Å². The van der Waals surface area contributed by atoms with Gasteiger partial charge in [-0.05, 0) is 130 Å². The molecule has 52 heavy (non-hydrogen) atoms. The van der Waals surface area contributed by atoms with E-state index in [0.717, 1.165) is 55.8 Å². The Labute approximate surface area is 298 Å². The van der Waals surface area contributed by atoms with Gasteiger partial charge in [-0.25, -0.2) is 17.8 Å². The lowest BCUT2D eigenvalue weighted by Crippen LogP contribution is -1.93. The molecule has 2 unspecified atom stereocenters. The fourth-order valence-corrected chi connectivity index (χ4v) is 5.84. The lowest BCUT2D eigenvalue weighted by Gasteiger charge is -2.07. The molecule has 4 heterocycles. The molecule has 0 bridgehead atoms. The number of hydrogen-bond donors (Lipinski definition) is 2. The molecule has 0 amide bonds. The highest BCUT2D eigenvalue weighted by Gasteiger charge is 2.11. The lowest BCUT2D eigenvalue weighted by molar-refractivity contribution is 0.238. The molecule has 8 rings (SSSR count). The Morgan fingerprint density at radius 2 is 0.865 bits per heavy atom. The van der Waals surface area contributed by atoms with E-state index in [0.29, 0.717) is 11.1 Å². The van der Waals surface area contributed by atoms with Crippen molar-refractivity contribution in [3.63, 3.8) is 0 Å². The van der Waals surface area contributed by atoms with Crippen LogP contribution in [0.4, 0.5) is 8.78 Å². The monoisotopic (exact) mass is 684 g/mol. The zero-order chi connectivity index (χ0) is 36.2. The van der Waals surface area contributed by atoms with Crippen LogP contribution in [0.2, 0.25) is 0 Å². The summed E-state index contributed by atoms with van der Waals surface area (Å²) in [4.78, 5) is 0. The highest BCUT2D eigenvalue weighted by Crippen LogP contribution is 2.28. The fraction of sp³-hybridized carbons (Fsp3) is 0.0455. The first kappa shape index (κ1) is 33.6. The molecule has 4 aromatic heterocycles. The van der Waals surface area contributed by atoms with Crippen LogP contribution in [0.15, 0.2) is 146 Å². The van der Waals surface area contributed by atoms with Crippen LogP contribution in [0.3, 0.4) is 0 Å². The first-order valence-electron chi connectivity index (χ1n) is 16.3. The molecular formula is C44H30F2N4O2. The van der Waals surface area contributed by atoms with Gasteiger partial charge in [0, 0.05) is 23.5 Å². The highest BCUT2D eigenvalue weighted by atomic mass is 19.1. The van der Waals surface area contributed by atoms with E-state index in [9.17, 15) is 19.0 Å². The number of fused-ring (bicyclic) bond motifs is 2. The maximum Gasteiger partial charge on any atom is 0.140 e. The number of terminal acetylenes is 2. The number of aliphatic hydroxyl groups is 2. The number of benzene rings is 4. The molecule has 0 aliphatic rings. The molecule has 6 nitrogen and oxygen atoms in total. The zero-order valence-electron chi connectivity index (χ0n) is 27.6. The largest absolute Gasteiger partial charge is 0.376 e. The minimum atomic E-state index is -0.918. The summed E-state index contributed by atoms with van der Waals surface area (Å²) in [5, 5.41) is 28.8. The number of rotatable bonds is 6. The molecule has 252 valence electrons. The molecule has 2 N–H and O–H groups in total. The number of aliphatic hydroxyl groups excluding tert-OH is 2. The summed E-state index contributed by atoms with van der Waals surface area (Å²) in [6, 6.07) is 39.4. The standard InChI is InChI=1S/2C22H15FN2O/c2*1-2-22(26)18-5-3-4-16(12-18)17-10-11-25-20(13-17)14-21(24-25)15-6-8-19(23)9-7-15/h2*1,3-14,22,26H. The van der Waals surface area contributed by atoms with E-state index >= 15 is 0 Å². The van der Waals surface area contributed by atoms with E-state index in [1.54, 1.807) is 45.4 Å². The third-order valence-electron chi connectivity index (χ3n) is 8.59. The topological polar surface area (TPSA) is 75.1 Å². The van der Waals surface area contributed by atoms with Crippen LogP contribution < -0.4 is 0 Å². The van der Waals surface area contributed by atoms with Gasteiger partial charge in [0.05, 0.1) is 22.4 Å². The van der Waals surface area contributed by atoms with Gasteiger partial charge in [0.25, 0.3) is 0 Å². The van der Waals surface area contributed by atoms with E-state index in [2.05, 4.69) is 22.0 Å². The van der Waals surface area contributed by atoms with E-state index in [-0.39, 0.29) is 11.6 Å². The highest BCUT2D eigenvalue weighted by molar-refractivity contribution is 5.74. The second-order valence-corrected chi connectivity index (χ2v) is 12.0. The average molecular weight is 685 g/mol. The summed E-state index contributed by atoms with van der Waals surface area (Å²) in [6.07, 6.45) is 12.5. The van der Waals surface area contributed by atoms with Gasteiger partial charge < -0.3 is 10.2 Å². The second kappa shape index (κ2) is 14.6. The van der Waals surface area contributed by atoms with Gasteiger partial charge in [-0.1, -0.05) is 48.2 Å². The van der Waals surface area contributed by atoms with E-state index in [1.165, 1.54) is 24.3 Å². The predicted octanol–water partition coefficient (Wildman–Crippen LogP) is 8.95. The first-order chi connectivity index (χ1) is 25.3. The minimum Gasteiger partial charge on any atom is -0.376 e. The number of aromatic nitrogens is 4. The van der Waals surface area contributed by atoms with E-state index in [4.69, 9.17) is 12.8 Å². The summed E-state index contributed by atoms with van der Waals surface area (Å²) in [5.74, 6) is 4.12. The Morgan fingerprint density at radius 1 is 0.481 bits per heavy atom. The molecule has 0 saturated heterocycles. The van der Waals surface area contributed by atoms with Crippen LogP contribution in [-0.2, 0) is 0 Å². The van der Waals surface area contributed by atoms with Gasteiger partial charge in [0.2, 0.25) is 0 Å². The van der Waals surface area contributed by atoms with Crippen molar-refractivity contribution in [3.8, 4) is 69.5 Å². The first-order valence-corrected chi connectivity index (χ1v) is 16.3. The molecule has 0 aliphatic heterocycles. The van der Waals surface area contributed by atoms with Crippen molar-refractivity contribution in [2.45, 2.75) is 12.2 Å². The average Bonchev–Trinajstić information content (AvgIpc) is 3.82. The van der Waals surface area contributed by atoms with Crippen molar-refractivity contribution in [3.05, 3.63) is 169 Å². The van der Waals surface area contributed by atoms with Crippen LogP contribution in [0.5, 0.6) is 0 Å². The van der Waals surface area contributed by atoms with Crippen molar-refractivity contribution in [1.29, 1.82) is 0 Å². The van der Waals surface area contributed by atoms with Crippen molar-refractivity contribution in [2.24, 2.45) is 0 Å². The molecular weight excluding hydrogens is 655 g/mol. The van der Waals surface area contributed by atoms with Gasteiger partial charge in [-0.3, -0.25) is 0 Å². The predicted molar refractivity (Wildman–Crippen MR) is 200 cm³/mol. The minimum absolute atomic E-state index is 0.270. The van der Waals surface area contributed by atoms with E-state index in [1.807, 2.05) is 85.2 Å². The van der Waals surface area contributed by atoms with Gasteiger partial charge in [0.1, 0.15) is 23.8 Å². The molecule has 8 heteroatoms. The third kappa shape index (κ3) is 7.21. The smallest absolute Gasteiger partial charge is 0.140 e. The molecule has 8 aromatic rings. The van der Waals surface area contributed by atoms with Crippen LogP contribution >= 0.6 is 0 Å². The quantitative estimate of drug-likeness (QED) is 0.172. The molecule has 0 saturated carbocycles. The second-order valence-electron chi connectivity index (χ2n) is 12.0. The molecule has 0 aliphatic carbocycles. The number of halogens is 2.